The quantitative estimate of drug-likeness (QED) is 0.850. The number of carbonyl (C=O) groups is 1. The molecule has 1 aromatic rings. The molecule has 3 heterocycles. The number of piperidine rings is 2. The molecule has 2 aliphatic heterocycles. The van der Waals surface area contributed by atoms with E-state index in [1.807, 2.05) is 0 Å². The second kappa shape index (κ2) is 5.81. The molecule has 0 bridgehead atoms. The third kappa shape index (κ3) is 2.99. The number of anilines is 1. The monoisotopic (exact) mass is 309 g/mol. The number of fused-ring (bicyclic) bond motifs is 1. The smallest absolute Gasteiger partial charge is 0.335 e. The Morgan fingerprint density at radius 2 is 2.19 bits per heavy atom. The zero-order valence-corrected chi connectivity index (χ0v) is 12.9. The molecule has 2 fully saturated rings. The summed E-state index contributed by atoms with van der Waals surface area (Å²) >= 11 is 5.96. The molecule has 0 saturated carbocycles. The number of aromatic carboxylic acids is 1. The standard InChI is InChI=1S/C15H20ClN3O2/c1-18-5-2-3-10-9-19(6-4-12(10)18)14-8-11(15(20)21)7-13(16)17-14/h7-8,10,12H,2-6,9H2,1H3,(H,20,21). The highest BCUT2D eigenvalue weighted by Crippen LogP contribution is 2.32. The van der Waals surface area contributed by atoms with Crippen LogP contribution < -0.4 is 4.90 Å². The second-order valence-corrected chi connectivity index (χ2v) is 6.41. The van der Waals surface area contributed by atoms with E-state index in [0.717, 1.165) is 19.5 Å². The number of rotatable bonds is 2. The SMILES string of the molecule is CN1CCCC2CN(c3cc(C(=O)O)cc(Cl)n3)CCC21. The largest absolute Gasteiger partial charge is 0.478 e. The van der Waals surface area contributed by atoms with E-state index in [-0.39, 0.29) is 10.7 Å². The number of halogens is 1. The van der Waals surface area contributed by atoms with Crippen LogP contribution in [-0.4, -0.2) is 53.7 Å². The Balaban J connectivity index is 1.80. The highest BCUT2D eigenvalue weighted by Gasteiger charge is 2.34. The molecule has 2 saturated heterocycles. The average Bonchev–Trinajstić information content (AvgIpc) is 2.46. The molecule has 0 spiro atoms. The minimum Gasteiger partial charge on any atom is -0.478 e. The van der Waals surface area contributed by atoms with Crippen molar-refractivity contribution in [3.63, 3.8) is 0 Å². The van der Waals surface area contributed by atoms with Crippen LogP contribution >= 0.6 is 11.6 Å². The van der Waals surface area contributed by atoms with Crippen LogP contribution in [0, 0.1) is 5.92 Å². The molecule has 5 nitrogen and oxygen atoms in total. The first-order valence-corrected chi connectivity index (χ1v) is 7.78. The first-order valence-electron chi connectivity index (χ1n) is 7.40. The molecule has 1 aromatic heterocycles. The van der Waals surface area contributed by atoms with Gasteiger partial charge in [-0.15, -0.1) is 0 Å². The van der Waals surface area contributed by atoms with E-state index in [1.165, 1.54) is 25.5 Å². The molecule has 0 aromatic carbocycles. The van der Waals surface area contributed by atoms with E-state index in [4.69, 9.17) is 16.7 Å². The summed E-state index contributed by atoms with van der Waals surface area (Å²) in [6.07, 6.45) is 3.56. The lowest BCUT2D eigenvalue weighted by Crippen LogP contribution is -2.52. The van der Waals surface area contributed by atoms with Gasteiger partial charge >= 0.3 is 5.97 Å². The third-order valence-electron chi connectivity index (χ3n) is 4.70. The number of hydrogen-bond acceptors (Lipinski definition) is 4. The van der Waals surface area contributed by atoms with Crippen molar-refractivity contribution in [2.75, 3.05) is 31.6 Å². The van der Waals surface area contributed by atoms with E-state index < -0.39 is 5.97 Å². The maximum absolute atomic E-state index is 11.1. The molecular weight excluding hydrogens is 290 g/mol. The molecule has 2 unspecified atom stereocenters. The predicted molar refractivity (Wildman–Crippen MR) is 82.2 cm³/mol. The number of pyridine rings is 1. The fourth-order valence-corrected chi connectivity index (χ4v) is 3.83. The van der Waals surface area contributed by atoms with E-state index in [0.29, 0.717) is 17.8 Å². The maximum atomic E-state index is 11.1. The minimum absolute atomic E-state index is 0.202. The number of carboxylic acid groups (broad SMARTS) is 1. The van der Waals surface area contributed by atoms with Crippen molar-refractivity contribution >= 4 is 23.4 Å². The molecule has 6 heteroatoms. The first kappa shape index (κ1) is 14.6. The van der Waals surface area contributed by atoms with E-state index in [1.54, 1.807) is 6.07 Å². The van der Waals surface area contributed by atoms with E-state index >= 15 is 0 Å². The normalized spacial score (nSPS) is 26.5. The van der Waals surface area contributed by atoms with Crippen molar-refractivity contribution in [3.8, 4) is 0 Å². The van der Waals surface area contributed by atoms with Crippen molar-refractivity contribution in [3.05, 3.63) is 22.8 Å². The summed E-state index contributed by atoms with van der Waals surface area (Å²) in [5.74, 6) is 0.353. The third-order valence-corrected chi connectivity index (χ3v) is 4.89. The summed E-state index contributed by atoms with van der Waals surface area (Å²) in [6.45, 7) is 3.01. The zero-order valence-electron chi connectivity index (χ0n) is 12.1. The number of nitrogens with zero attached hydrogens (tertiary/aromatic N) is 3. The van der Waals surface area contributed by atoms with Gasteiger partial charge in [0.1, 0.15) is 11.0 Å². The second-order valence-electron chi connectivity index (χ2n) is 6.03. The van der Waals surface area contributed by atoms with Crippen LogP contribution in [0.3, 0.4) is 0 Å². The first-order chi connectivity index (χ1) is 10.0. The molecule has 0 amide bonds. The van der Waals surface area contributed by atoms with Gasteiger partial charge in [0.25, 0.3) is 0 Å². The summed E-state index contributed by atoms with van der Waals surface area (Å²) < 4.78 is 0. The Bertz CT molecular complexity index is 552. The van der Waals surface area contributed by atoms with E-state index in [9.17, 15) is 4.79 Å². The highest BCUT2D eigenvalue weighted by atomic mass is 35.5. The summed E-state index contributed by atoms with van der Waals surface area (Å²) in [6, 6.07) is 3.67. The zero-order chi connectivity index (χ0) is 15.0. The Labute approximate surface area is 129 Å². The fourth-order valence-electron chi connectivity index (χ4n) is 3.63. The van der Waals surface area contributed by atoms with Crippen molar-refractivity contribution in [2.45, 2.75) is 25.3 Å². The molecule has 1 N–H and O–H groups in total. The molecule has 114 valence electrons. The average molecular weight is 310 g/mol. The van der Waals surface area contributed by atoms with E-state index in [2.05, 4.69) is 21.8 Å². The van der Waals surface area contributed by atoms with Gasteiger partial charge in [0.15, 0.2) is 0 Å². The number of carboxylic acids is 1. The van der Waals surface area contributed by atoms with Crippen molar-refractivity contribution in [2.24, 2.45) is 5.92 Å². The summed E-state index contributed by atoms with van der Waals surface area (Å²) in [4.78, 5) is 20.1. The molecule has 2 atom stereocenters. The highest BCUT2D eigenvalue weighted by molar-refractivity contribution is 6.29. The number of hydrogen-bond donors (Lipinski definition) is 1. The van der Waals surface area contributed by atoms with Crippen LogP contribution in [0.1, 0.15) is 29.6 Å². The lowest BCUT2D eigenvalue weighted by Gasteiger charge is -2.46. The molecule has 0 radical (unpaired) electrons. The van der Waals surface area contributed by atoms with Gasteiger partial charge in [-0.3, -0.25) is 0 Å². The maximum Gasteiger partial charge on any atom is 0.335 e. The van der Waals surface area contributed by atoms with Crippen molar-refractivity contribution in [1.29, 1.82) is 0 Å². The van der Waals surface area contributed by atoms with Gasteiger partial charge in [-0.2, -0.15) is 0 Å². The van der Waals surface area contributed by atoms with Gasteiger partial charge in [-0.1, -0.05) is 11.6 Å². The Hall–Kier alpha value is -1.33. The molecule has 0 aliphatic carbocycles. The van der Waals surface area contributed by atoms with Crippen molar-refractivity contribution < 1.29 is 9.90 Å². The minimum atomic E-state index is -0.965. The molecule has 3 rings (SSSR count). The van der Waals surface area contributed by atoms with Crippen LogP contribution in [-0.2, 0) is 0 Å². The summed E-state index contributed by atoms with van der Waals surface area (Å²) in [5.41, 5.74) is 0.202. The molecule has 2 aliphatic rings. The van der Waals surface area contributed by atoms with Gasteiger partial charge in [-0.25, -0.2) is 9.78 Å². The van der Waals surface area contributed by atoms with Crippen molar-refractivity contribution in [1.82, 2.24) is 9.88 Å². The number of aromatic nitrogens is 1. The molecule has 21 heavy (non-hydrogen) atoms. The molecular formula is C15H20ClN3O2. The Morgan fingerprint density at radius 1 is 1.38 bits per heavy atom. The predicted octanol–water partition coefficient (Wildman–Crippen LogP) is 2.35. The lowest BCUT2D eigenvalue weighted by atomic mass is 9.84. The Kier molecular flexibility index (Phi) is 4.04. The van der Waals surface area contributed by atoms with Gasteiger partial charge in [0.05, 0.1) is 5.56 Å². The number of likely N-dealkylation sites (tertiary alicyclic amines) is 1. The Morgan fingerprint density at radius 3 is 2.95 bits per heavy atom. The summed E-state index contributed by atoms with van der Waals surface area (Å²) in [5, 5.41) is 9.39. The lowest BCUT2D eigenvalue weighted by molar-refractivity contribution is 0.0696. The van der Waals surface area contributed by atoms with Crippen LogP contribution in [0.2, 0.25) is 5.15 Å². The van der Waals surface area contributed by atoms with Gasteiger partial charge in [0.2, 0.25) is 0 Å². The van der Waals surface area contributed by atoms with Crippen LogP contribution in [0.4, 0.5) is 5.82 Å². The fraction of sp³-hybridized carbons (Fsp3) is 0.600. The van der Waals surface area contributed by atoms with Gasteiger partial charge in [-0.05, 0) is 50.9 Å². The van der Waals surface area contributed by atoms with Gasteiger partial charge in [0, 0.05) is 19.1 Å². The van der Waals surface area contributed by atoms with Crippen LogP contribution in [0.25, 0.3) is 0 Å². The van der Waals surface area contributed by atoms with Crippen LogP contribution in [0.15, 0.2) is 12.1 Å². The topological polar surface area (TPSA) is 56.7 Å². The van der Waals surface area contributed by atoms with Crippen LogP contribution in [0.5, 0.6) is 0 Å². The summed E-state index contributed by atoms with van der Waals surface area (Å²) in [7, 11) is 2.20. The van der Waals surface area contributed by atoms with Gasteiger partial charge < -0.3 is 14.9 Å².